The molecule has 0 aliphatic carbocycles. The van der Waals surface area contributed by atoms with Crippen molar-refractivity contribution in [3.8, 4) is 0 Å². The minimum absolute atomic E-state index is 0.00429. The van der Waals surface area contributed by atoms with Crippen molar-refractivity contribution in [3.05, 3.63) is 33.9 Å². The molecule has 0 radical (unpaired) electrons. The van der Waals surface area contributed by atoms with Crippen molar-refractivity contribution in [2.75, 3.05) is 18.0 Å². The fourth-order valence-electron chi connectivity index (χ4n) is 2.36. The van der Waals surface area contributed by atoms with Crippen molar-refractivity contribution in [1.29, 1.82) is 0 Å². The summed E-state index contributed by atoms with van der Waals surface area (Å²) in [5, 5.41) is 11.1. The third-order valence-corrected chi connectivity index (χ3v) is 3.53. The molecule has 7 nitrogen and oxygen atoms in total. The SMILES string of the molecule is NC(=O)c1ccc([N+](=O)[O-])c(N2CCC(C=O)CC2)c1. The van der Waals surface area contributed by atoms with Crippen molar-refractivity contribution in [2.24, 2.45) is 11.7 Å². The Labute approximate surface area is 115 Å². The average Bonchev–Trinajstić information content (AvgIpc) is 2.46. The maximum atomic E-state index is 11.2. The highest BCUT2D eigenvalue weighted by atomic mass is 16.6. The molecule has 1 fully saturated rings. The van der Waals surface area contributed by atoms with E-state index in [0.29, 0.717) is 31.6 Å². The predicted octanol–water partition coefficient (Wildman–Crippen LogP) is 1.11. The van der Waals surface area contributed by atoms with E-state index in [1.807, 2.05) is 4.90 Å². The first-order valence-electron chi connectivity index (χ1n) is 6.31. The summed E-state index contributed by atoms with van der Waals surface area (Å²) < 4.78 is 0. The lowest BCUT2D eigenvalue weighted by Crippen LogP contribution is -2.34. The molecule has 1 heterocycles. The molecule has 1 aliphatic heterocycles. The summed E-state index contributed by atoms with van der Waals surface area (Å²) in [4.78, 5) is 34.4. The molecule has 2 N–H and O–H groups in total. The summed E-state index contributed by atoms with van der Waals surface area (Å²) in [5.41, 5.74) is 5.78. The molecular weight excluding hydrogens is 262 g/mol. The van der Waals surface area contributed by atoms with Gasteiger partial charge in [0.15, 0.2) is 0 Å². The van der Waals surface area contributed by atoms with E-state index in [2.05, 4.69) is 0 Å². The van der Waals surface area contributed by atoms with Crippen LogP contribution in [0.5, 0.6) is 0 Å². The molecule has 0 saturated carbocycles. The van der Waals surface area contributed by atoms with Gasteiger partial charge in [-0.2, -0.15) is 0 Å². The topological polar surface area (TPSA) is 107 Å². The van der Waals surface area contributed by atoms with E-state index in [0.717, 1.165) is 6.29 Å². The Balaban J connectivity index is 2.33. The van der Waals surface area contributed by atoms with E-state index in [1.165, 1.54) is 18.2 Å². The first-order chi connectivity index (χ1) is 9.52. The third kappa shape index (κ3) is 2.76. The second-order valence-corrected chi connectivity index (χ2v) is 4.79. The zero-order valence-corrected chi connectivity index (χ0v) is 10.8. The quantitative estimate of drug-likeness (QED) is 0.504. The number of nitro benzene ring substituents is 1. The van der Waals surface area contributed by atoms with Crippen molar-refractivity contribution in [3.63, 3.8) is 0 Å². The Bertz CT molecular complexity index is 551. The lowest BCUT2D eigenvalue weighted by molar-refractivity contribution is -0.384. The van der Waals surface area contributed by atoms with E-state index >= 15 is 0 Å². The van der Waals surface area contributed by atoms with Crippen LogP contribution < -0.4 is 10.6 Å². The molecule has 0 spiro atoms. The number of nitrogens with zero attached hydrogens (tertiary/aromatic N) is 2. The van der Waals surface area contributed by atoms with Gasteiger partial charge in [0.1, 0.15) is 12.0 Å². The number of hydrogen-bond acceptors (Lipinski definition) is 5. The molecule has 2 rings (SSSR count). The minimum atomic E-state index is -0.621. The summed E-state index contributed by atoms with van der Waals surface area (Å²) in [5.74, 6) is -0.617. The molecular formula is C13H15N3O4. The number of primary amides is 1. The van der Waals surface area contributed by atoms with Crippen molar-refractivity contribution < 1.29 is 14.5 Å². The van der Waals surface area contributed by atoms with Gasteiger partial charge in [-0.15, -0.1) is 0 Å². The van der Waals surface area contributed by atoms with Gasteiger partial charge in [0.2, 0.25) is 5.91 Å². The molecule has 20 heavy (non-hydrogen) atoms. The molecule has 7 heteroatoms. The molecule has 0 aromatic heterocycles. The number of aldehydes is 1. The number of nitrogens with two attached hydrogens (primary N) is 1. The zero-order valence-electron chi connectivity index (χ0n) is 10.8. The van der Waals surface area contributed by atoms with Crippen LogP contribution in [-0.4, -0.2) is 30.2 Å². The van der Waals surface area contributed by atoms with E-state index in [9.17, 15) is 19.7 Å². The number of carbonyl (C=O) groups excluding carboxylic acids is 2. The number of hydrogen-bond donors (Lipinski definition) is 1. The fourth-order valence-corrected chi connectivity index (χ4v) is 2.36. The van der Waals surface area contributed by atoms with Gasteiger partial charge in [-0.05, 0) is 25.0 Å². The number of carbonyl (C=O) groups is 2. The van der Waals surface area contributed by atoms with E-state index in [4.69, 9.17) is 5.73 Å². The number of nitro groups is 1. The van der Waals surface area contributed by atoms with E-state index in [1.54, 1.807) is 0 Å². The maximum absolute atomic E-state index is 11.2. The van der Waals surface area contributed by atoms with Crippen LogP contribution in [0.2, 0.25) is 0 Å². The summed E-state index contributed by atoms with van der Waals surface area (Å²) in [6, 6.07) is 4.09. The smallest absolute Gasteiger partial charge is 0.292 e. The molecule has 1 amide bonds. The van der Waals surface area contributed by atoms with Gasteiger partial charge in [0.05, 0.1) is 4.92 Å². The Morgan fingerprint density at radius 1 is 1.40 bits per heavy atom. The summed E-state index contributed by atoms with van der Waals surface area (Å²) in [6.07, 6.45) is 2.23. The monoisotopic (exact) mass is 277 g/mol. The molecule has 1 saturated heterocycles. The van der Waals surface area contributed by atoms with Crippen LogP contribution in [0.15, 0.2) is 18.2 Å². The van der Waals surface area contributed by atoms with Crippen molar-refractivity contribution in [2.45, 2.75) is 12.8 Å². The number of rotatable bonds is 4. The Hall–Kier alpha value is -2.44. The second-order valence-electron chi connectivity index (χ2n) is 4.79. The maximum Gasteiger partial charge on any atom is 0.292 e. The van der Waals surface area contributed by atoms with Gasteiger partial charge in [0.25, 0.3) is 5.69 Å². The van der Waals surface area contributed by atoms with Gasteiger partial charge in [-0.25, -0.2) is 0 Å². The van der Waals surface area contributed by atoms with Crippen LogP contribution in [0.4, 0.5) is 11.4 Å². The van der Waals surface area contributed by atoms with Gasteiger partial charge in [-0.1, -0.05) is 0 Å². The van der Waals surface area contributed by atoms with Crippen LogP contribution in [-0.2, 0) is 4.79 Å². The third-order valence-electron chi connectivity index (χ3n) is 3.53. The van der Waals surface area contributed by atoms with Gasteiger partial charge in [-0.3, -0.25) is 14.9 Å². The van der Waals surface area contributed by atoms with Gasteiger partial charge < -0.3 is 15.4 Å². The first-order valence-corrected chi connectivity index (χ1v) is 6.31. The van der Waals surface area contributed by atoms with Crippen molar-refractivity contribution in [1.82, 2.24) is 0 Å². The van der Waals surface area contributed by atoms with Crippen LogP contribution in [0.3, 0.4) is 0 Å². The molecule has 0 unspecified atom stereocenters. The molecule has 1 aromatic carbocycles. The second kappa shape index (κ2) is 5.68. The molecule has 1 aliphatic rings. The lowest BCUT2D eigenvalue weighted by atomic mass is 9.97. The Morgan fingerprint density at radius 3 is 2.55 bits per heavy atom. The number of anilines is 1. The number of piperidine rings is 1. The number of amides is 1. The van der Waals surface area contributed by atoms with Crippen LogP contribution >= 0.6 is 0 Å². The van der Waals surface area contributed by atoms with E-state index in [-0.39, 0.29) is 17.2 Å². The highest BCUT2D eigenvalue weighted by Crippen LogP contribution is 2.32. The number of benzene rings is 1. The highest BCUT2D eigenvalue weighted by molar-refractivity contribution is 5.94. The zero-order chi connectivity index (χ0) is 14.7. The first kappa shape index (κ1) is 14.0. The molecule has 0 atom stereocenters. The average molecular weight is 277 g/mol. The Kier molecular flexibility index (Phi) is 3.97. The largest absolute Gasteiger partial charge is 0.366 e. The molecule has 1 aromatic rings. The summed E-state index contributed by atoms with van der Waals surface area (Å²) in [6.45, 7) is 1.10. The minimum Gasteiger partial charge on any atom is -0.366 e. The van der Waals surface area contributed by atoms with Crippen LogP contribution in [0, 0.1) is 16.0 Å². The standard InChI is InChI=1S/C13H15N3O4/c14-13(18)10-1-2-11(16(19)20)12(7-10)15-5-3-9(8-17)4-6-15/h1-2,7-9H,3-6H2,(H2,14,18). The van der Waals surface area contributed by atoms with Crippen molar-refractivity contribution >= 4 is 23.6 Å². The van der Waals surface area contributed by atoms with Crippen LogP contribution in [0.25, 0.3) is 0 Å². The summed E-state index contributed by atoms with van der Waals surface area (Å²) in [7, 11) is 0. The molecule has 106 valence electrons. The highest BCUT2D eigenvalue weighted by Gasteiger charge is 2.25. The van der Waals surface area contributed by atoms with Crippen LogP contribution in [0.1, 0.15) is 23.2 Å². The predicted molar refractivity (Wildman–Crippen MR) is 72.6 cm³/mol. The van der Waals surface area contributed by atoms with Gasteiger partial charge >= 0.3 is 0 Å². The normalized spacial score (nSPS) is 15.9. The lowest BCUT2D eigenvalue weighted by Gasteiger charge is -2.31. The van der Waals surface area contributed by atoms with E-state index < -0.39 is 10.8 Å². The Morgan fingerprint density at radius 2 is 2.05 bits per heavy atom. The van der Waals surface area contributed by atoms with Gasteiger partial charge in [0, 0.05) is 30.6 Å². The fraction of sp³-hybridized carbons (Fsp3) is 0.385. The summed E-state index contributed by atoms with van der Waals surface area (Å²) >= 11 is 0. The molecule has 0 bridgehead atoms.